The van der Waals surface area contributed by atoms with Crippen LogP contribution in [0.1, 0.15) is 43.2 Å². The standard InChI is InChI=1S/C21H23N3O2/c1-14(2)16-8-10-17(11-9-16)21-23-20(26-24-21)13-12-19(25)22-18-7-5-4-6-15(18)3/h4-11,14H,12-13H2,1-3H3,(H,22,25). The lowest BCUT2D eigenvalue weighted by atomic mass is 10.0. The molecule has 0 unspecified atom stereocenters. The second-order valence-electron chi connectivity index (χ2n) is 6.65. The normalized spacial score (nSPS) is 10.9. The first-order valence-corrected chi connectivity index (χ1v) is 8.81. The Labute approximate surface area is 153 Å². The molecule has 0 saturated heterocycles. The van der Waals surface area contributed by atoms with Gasteiger partial charge in [0.15, 0.2) is 0 Å². The van der Waals surface area contributed by atoms with Crippen molar-refractivity contribution in [2.24, 2.45) is 0 Å². The molecular formula is C21H23N3O2. The lowest BCUT2D eigenvalue weighted by Crippen LogP contribution is -2.13. The minimum absolute atomic E-state index is 0.0691. The number of carbonyl (C=O) groups excluding carboxylic acids is 1. The highest BCUT2D eigenvalue weighted by molar-refractivity contribution is 5.91. The molecular weight excluding hydrogens is 326 g/mol. The zero-order valence-corrected chi connectivity index (χ0v) is 15.3. The third kappa shape index (κ3) is 4.36. The molecule has 3 rings (SSSR count). The summed E-state index contributed by atoms with van der Waals surface area (Å²) < 4.78 is 5.28. The first kappa shape index (κ1) is 17.9. The van der Waals surface area contributed by atoms with Crippen LogP contribution in [0.15, 0.2) is 53.1 Å². The molecule has 0 aliphatic rings. The molecule has 0 bridgehead atoms. The summed E-state index contributed by atoms with van der Waals surface area (Å²) >= 11 is 0. The van der Waals surface area contributed by atoms with E-state index in [1.165, 1.54) is 5.56 Å². The average molecular weight is 349 g/mol. The van der Waals surface area contributed by atoms with Gasteiger partial charge in [-0.1, -0.05) is 61.5 Å². The van der Waals surface area contributed by atoms with E-state index in [1.54, 1.807) is 0 Å². The molecule has 0 aliphatic carbocycles. The Kier molecular flexibility index (Phi) is 5.46. The van der Waals surface area contributed by atoms with Gasteiger partial charge in [-0.3, -0.25) is 4.79 Å². The summed E-state index contributed by atoms with van der Waals surface area (Å²) in [7, 11) is 0. The predicted octanol–water partition coefficient (Wildman–Crippen LogP) is 4.74. The molecule has 1 amide bonds. The molecule has 2 aromatic carbocycles. The van der Waals surface area contributed by atoms with Gasteiger partial charge in [0.2, 0.25) is 17.6 Å². The van der Waals surface area contributed by atoms with Gasteiger partial charge in [-0.05, 0) is 30.0 Å². The van der Waals surface area contributed by atoms with E-state index in [-0.39, 0.29) is 5.91 Å². The Balaban J connectivity index is 1.58. The summed E-state index contributed by atoms with van der Waals surface area (Å²) in [4.78, 5) is 16.5. The van der Waals surface area contributed by atoms with E-state index in [1.807, 2.05) is 43.3 Å². The number of hydrogen-bond acceptors (Lipinski definition) is 4. The van der Waals surface area contributed by atoms with E-state index in [0.717, 1.165) is 16.8 Å². The van der Waals surface area contributed by atoms with Crippen LogP contribution in [-0.4, -0.2) is 16.0 Å². The van der Waals surface area contributed by atoms with Crippen molar-refractivity contribution in [1.29, 1.82) is 0 Å². The second-order valence-corrected chi connectivity index (χ2v) is 6.65. The number of aryl methyl sites for hydroxylation is 2. The number of nitrogens with one attached hydrogen (secondary N) is 1. The van der Waals surface area contributed by atoms with Crippen LogP contribution in [-0.2, 0) is 11.2 Å². The first-order chi connectivity index (χ1) is 12.5. The molecule has 0 atom stereocenters. The van der Waals surface area contributed by atoms with Gasteiger partial charge in [0.1, 0.15) is 0 Å². The maximum Gasteiger partial charge on any atom is 0.227 e. The minimum atomic E-state index is -0.0691. The zero-order chi connectivity index (χ0) is 18.5. The molecule has 0 spiro atoms. The van der Waals surface area contributed by atoms with Gasteiger partial charge < -0.3 is 9.84 Å². The number of carbonyl (C=O) groups is 1. The summed E-state index contributed by atoms with van der Waals surface area (Å²) in [6.45, 7) is 6.28. The maximum atomic E-state index is 12.1. The number of para-hydroxylation sites is 1. The second kappa shape index (κ2) is 7.95. The Bertz CT molecular complexity index is 882. The SMILES string of the molecule is Cc1ccccc1NC(=O)CCc1nc(-c2ccc(C(C)C)cc2)no1. The summed E-state index contributed by atoms with van der Waals surface area (Å²) in [6.07, 6.45) is 0.705. The van der Waals surface area contributed by atoms with Crippen LogP contribution < -0.4 is 5.32 Å². The quantitative estimate of drug-likeness (QED) is 0.698. The lowest BCUT2D eigenvalue weighted by molar-refractivity contribution is -0.116. The highest BCUT2D eigenvalue weighted by Gasteiger charge is 2.12. The van der Waals surface area contributed by atoms with Crippen LogP contribution in [0.3, 0.4) is 0 Å². The number of nitrogens with zero attached hydrogens (tertiary/aromatic N) is 2. The molecule has 1 heterocycles. The topological polar surface area (TPSA) is 68.0 Å². The van der Waals surface area contributed by atoms with E-state index in [0.29, 0.717) is 30.5 Å². The third-order valence-electron chi connectivity index (χ3n) is 4.29. The van der Waals surface area contributed by atoms with Gasteiger partial charge in [0, 0.05) is 24.1 Å². The fraction of sp³-hybridized carbons (Fsp3) is 0.286. The molecule has 5 heteroatoms. The lowest BCUT2D eigenvalue weighted by Gasteiger charge is -2.06. The molecule has 1 N–H and O–H groups in total. The van der Waals surface area contributed by atoms with Gasteiger partial charge in [0.05, 0.1) is 0 Å². The highest BCUT2D eigenvalue weighted by Crippen LogP contribution is 2.21. The van der Waals surface area contributed by atoms with E-state index in [2.05, 4.69) is 41.4 Å². The summed E-state index contributed by atoms with van der Waals surface area (Å²) in [5.74, 6) is 1.43. The van der Waals surface area contributed by atoms with Crippen molar-refractivity contribution >= 4 is 11.6 Å². The number of aromatic nitrogens is 2. The molecule has 26 heavy (non-hydrogen) atoms. The molecule has 0 fully saturated rings. The van der Waals surface area contributed by atoms with Crippen molar-refractivity contribution < 1.29 is 9.32 Å². The van der Waals surface area contributed by atoms with Crippen molar-refractivity contribution in [2.45, 2.75) is 39.5 Å². The molecule has 5 nitrogen and oxygen atoms in total. The van der Waals surface area contributed by atoms with Crippen LogP contribution in [0, 0.1) is 6.92 Å². The Morgan fingerprint density at radius 2 is 1.85 bits per heavy atom. The third-order valence-corrected chi connectivity index (χ3v) is 4.29. The van der Waals surface area contributed by atoms with Crippen molar-refractivity contribution in [3.8, 4) is 11.4 Å². The number of benzene rings is 2. The maximum absolute atomic E-state index is 12.1. The van der Waals surface area contributed by atoms with Gasteiger partial charge in [-0.15, -0.1) is 0 Å². The Morgan fingerprint density at radius 3 is 2.54 bits per heavy atom. The van der Waals surface area contributed by atoms with Crippen LogP contribution in [0.5, 0.6) is 0 Å². The number of rotatable bonds is 6. The molecule has 0 aliphatic heterocycles. The minimum Gasteiger partial charge on any atom is -0.339 e. The average Bonchev–Trinajstić information content (AvgIpc) is 3.11. The van der Waals surface area contributed by atoms with Crippen LogP contribution in [0.4, 0.5) is 5.69 Å². The molecule has 0 saturated carbocycles. The van der Waals surface area contributed by atoms with E-state index >= 15 is 0 Å². The van der Waals surface area contributed by atoms with E-state index in [9.17, 15) is 4.79 Å². The Morgan fingerprint density at radius 1 is 1.12 bits per heavy atom. The monoisotopic (exact) mass is 349 g/mol. The van der Waals surface area contributed by atoms with Crippen LogP contribution >= 0.6 is 0 Å². The van der Waals surface area contributed by atoms with E-state index in [4.69, 9.17) is 4.52 Å². The summed E-state index contributed by atoms with van der Waals surface area (Å²) in [5, 5.41) is 6.93. The molecule has 3 aromatic rings. The molecule has 0 radical (unpaired) electrons. The van der Waals surface area contributed by atoms with Crippen molar-refractivity contribution in [3.63, 3.8) is 0 Å². The number of anilines is 1. The zero-order valence-electron chi connectivity index (χ0n) is 15.3. The van der Waals surface area contributed by atoms with Crippen molar-refractivity contribution in [2.75, 3.05) is 5.32 Å². The number of amides is 1. The van der Waals surface area contributed by atoms with Gasteiger partial charge in [-0.25, -0.2) is 0 Å². The highest BCUT2D eigenvalue weighted by atomic mass is 16.5. The van der Waals surface area contributed by atoms with Gasteiger partial charge in [0.25, 0.3) is 0 Å². The van der Waals surface area contributed by atoms with Gasteiger partial charge >= 0.3 is 0 Å². The van der Waals surface area contributed by atoms with Gasteiger partial charge in [-0.2, -0.15) is 4.98 Å². The fourth-order valence-corrected chi connectivity index (χ4v) is 2.64. The van der Waals surface area contributed by atoms with Crippen LogP contribution in [0.2, 0.25) is 0 Å². The smallest absolute Gasteiger partial charge is 0.227 e. The summed E-state index contributed by atoms with van der Waals surface area (Å²) in [6, 6.07) is 15.8. The largest absolute Gasteiger partial charge is 0.339 e. The van der Waals surface area contributed by atoms with Crippen molar-refractivity contribution in [1.82, 2.24) is 10.1 Å². The fourth-order valence-electron chi connectivity index (χ4n) is 2.64. The van der Waals surface area contributed by atoms with Crippen LogP contribution in [0.25, 0.3) is 11.4 Å². The molecule has 1 aromatic heterocycles. The number of hydrogen-bond donors (Lipinski definition) is 1. The molecule has 134 valence electrons. The predicted molar refractivity (Wildman–Crippen MR) is 102 cm³/mol. The van der Waals surface area contributed by atoms with E-state index < -0.39 is 0 Å². The summed E-state index contributed by atoms with van der Waals surface area (Å²) in [5.41, 5.74) is 4.04. The first-order valence-electron chi connectivity index (χ1n) is 8.81. The Hall–Kier alpha value is -2.95. The van der Waals surface area contributed by atoms with Crippen molar-refractivity contribution in [3.05, 3.63) is 65.5 Å².